The van der Waals surface area contributed by atoms with Crippen LogP contribution >= 0.6 is 22.9 Å². The van der Waals surface area contributed by atoms with Crippen LogP contribution in [0.4, 0.5) is 10.5 Å². The summed E-state index contributed by atoms with van der Waals surface area (Å²) in [5.41, 5.74) is 1.62. The molecule has 0 spiro atoms. The van der Waals surface area contributed by atoms with Crippen LogP contribution in [-0.4, -0.2) is 37.1 Å². The van der Waals surface area contributed by atoms with Gasteiger partial charge in [0.15, 0.2) is 0 Å². The predicted molar refractivity (Wildman–Crippen MR) is 101 cm³/mol. The van der Waals surface area contributed by atoms with E-state index >= 15 is 0 Å². The van der Waals surface area contributed by atoms with Crippen LogP contribution in [0.3, 0.4) is 0 Å². The van der Waals surface area contributed by atoms with Crippen molar-refractivity contribution in [3.63, 3.8) is 0 Å². The number of nitrogens with zero attached hydrogens (tertiary/aromatic N) is 3. The molecule has 1 aromatic heterocycles. The van der Waals surface area contributed by atoms with E-state index in [-0.39, 0.29) is 6.03 Å². The standard InChI is InChI=1S/C18H19ClN4OS/c19-17-7-6-15(25-17)13-21-18(24)23-9-3-8-22(10-11-23)16-5-2-1-4-14(16)12-20/h1-2,4-7H,3,8-11,13H2,(H,21,24). The van der Waals surface area contributed by atoms with Crippen molar-refractivity contribution in [3.05, 3.63) is 51.2 Å². The van der Waals surface area contributed by atoms with Gasteiger partial charge < -0.3 is 15.1 Å². The lowest BCUT2D eigenvalue weighted by atomic mass is 10.1. The van der Waals surface area contributed by atoms with Crippen LogP contribution in [0, 0.1) is 11.3 Å². The SMILES string of the molecule is N#Cc1ccccc1N1CCCN(C(=O)NCc2ccc(Cl)s2)CC1. The van der Waals surface area contributed by atoms with Gasteiger partial charge in [0.05, 0.1) is 22.1 Å². The minimum absolute atomic E-state index is 0.0556. The summed E-state index contributed by atoms with van der Waals surface area (Å²) in [5, 5.41) is 12.2. The Morgan fingerprint density at radius 1 is 1.20 bits per heavy atom. The molecule has 0 bridgehead atoms. The van der Waals surface area contributed by atoms with Crippen LogP contribution < -0.4 is 10.2 Å². The molecule has 0 radical (unpaired) electrons. The minimum atomic E-state index is -0.0556. The van der Waals surface area contributed by atoms with Crippen LogP contribution in [0.25, 0.3) is 0 Å². The van der Waals surface area contributed by atoms with E-state index in [0.717, 1.165) is 34.4 Å². The molecule has 0 atom stereocenters. The van der Waals surface area contributed by atoms with Crippen LogP contribution in [0.2, 0.25) is 4.34 Å². The van der Waals surface area contributed by atoms with Gasteiger partial charge in [-0.25, -0.2) is 4.79 Å². The molecule has 25 heavy (non-hydrogen) atoms. The Hall–Kier alpha value is -2.23. The van der Waals surface area contributed by atoms with Crippen molar-refractivity contribution in [3.8, 4) is 6.07 Å². The smallest absolute Gasteiger partial charge is 0.317 e. The summed E-state index contributed by atoms with van der Waals surface area (Å²) in [6.07, 6.45) is 0.873. The fourth-order valence-corrected chi connectivity index (χ4v) is 3.95. The van der Waals surface area contributed by atoms with Crippen LogP contribution in [0.5, 0.6) is 0 Å². The minimum Gasteiger partial charge on any atom is -0.369 e. The normalized spacial score (nSPS) is 14.7. The average Bonchev–Trinajstić information content (AvgIpc) is 2.90. The van der Waals surface area contributed by atoms with Gasteiger partial charge in [-0.05, 0) is 30.7 Å². The number of nitrogens with one attached hydrogen (secondary N) is 1. The molecular formula is C18H19ClN4OS. The maximum absolute atomic E-state index is 12.4. The fourth-order valence-electron chi connectivity index (χ4n) is 2.93. The van der Waals surface area contributed by atoms with Gasteiger partial charge in [0.2, 0.25) is 0 Å². The lowest BCUT2D eigenvalue weighted by Gasteiger charge is -2.24. The molecule has 1 fully saturated rings. The largest absolute Gasteiger partial charge is 0.369 e. The fraction of sp³-hybridized carbons (Fsp3) is 0.333. The number of anilines is 1. The summed E-state index contributed by atoms with van der Waals surface area (Å²) >= 11 is 7.39. The Morgan fingerprint density at radius 2 is 2.04 bits per heavy atom. The van der Waals surface area contributed by atoms with Crippen LogP contribution in [-0.2, 0) is 6.54 Å². The number of halogens is 1. The van der Waals surface area contributed by atoms with E-state index in [2.05, 4.69) is 16.3 Å². The number of urea groups is 1. The van der Waals surface area contributed by atoms with Crippen molar-refractivity contribution in [1.29, 1.82) is 5.26 Å². The highest BCUT2D eigenvalue weighted by Gasteiger charge is 2.20. The maximum Gasteiger partial charge on any atom is 0.317 e. The Kier molecular flexibility index (Phi) is 5.79. The second-order valence-electron chi connectivity index (χ2n) is 5.82. The topological polar surface area (TPSA) is 59.4 Å². The molecule has 7 heteroatoms. The zero-order valence-corrected chi connectivity index (χ0v) is 15.3. The number of para-hydroxylation sites is 1. The lowest BCUT2D eigenvalue weighted by molar-refractivity contribution is 0.201. The maximum atomic E-state index is 12.4. The zero-order valence-electron chi connectivity index (χ0n) is 13.7. The Labute approximate surface area is 156 Å². The second kappa shape index (κ2) is 8.24. The molecule has 0 unspecified atom stereocenters. The summed E-state index contributed by atoms with van der Waals surface area (Å²) in [5.74, 6) is 0. The van der Waals surface area contributed by atoms with E-state index in [9.17, 15) is 10.1 Å². The molecule has 2 heterocycles. The number of thiophene rings is 1. The molecule has 1 aromatic carbocycles. The van der Waals surface area contributed by atoms with Crippen molar-refractivity contribution in [2.45, 2.75) is 13.0 Å². The predicted octanol–water partition coefficient (Wildman–Crippen LogP) is 3.70. The van der Waals surface area contributed by atoms with Gasteiger partial charge in [0.25, 0.3) is 0 Å². The first-order chi connectivity index (χ1) is 12.2. The van der Waals surface area contributed by atoms with Crippen molar-refractivity contribution in [2.24, 2.45) is 0 Å². The van der Waals surface area contributed by atoms with Gasteiger partial charge in [-0.1, -0.05) is 23.7 Å². The van der Waals surface area contributed by atoms with E-state index in [4.69, 9.17) is 11.6 Å². The molecule has 0 saturated carbocycles. The summed E-state index contributed by atoms with van der Waals surface area (Å²) < 4.78 is 0.728. The summed E-state index contributed by atoms with van der Waals surface area (Å²) in [6.45, 7) is 3.40. The average molecular weight is 375 g/mol. The van der Waals surface area contributed by atoms with Crippen molar-refractivity contribution < 1.29 is 4.79 Å². The third kappa shape index (κ3) is 4.44. The number of amides is 2. The summed E-state index contributed by atoms with van der Waals surface area (Å²) in [6, 6.07) is 13.6. The molecule has 3 rings (SSSR count). The number of hydrogen-bond donors (Lipinski definition) is 1. The lowest BCUT2D eigenvalue weighted by Crippen LogP contribution is -2.41. The number of nitriles is 1. The van der Waals surface area contributed by atoms with E-state index in [1.807, 2.05) is 41.3 Å². The first kappa shape index (κ1) is 17.6. The molecule has 1 saturated heterocycles. The molecule has 130 valence electrons. The Balaban J connectivity index is 1.57. The van der Waals surface area contributed by atoms with Gasteiger partial charge in [0, 0.05) is 31.1 Å². The molecule has 0 aliphatic carbocycles. The van der Waals surface area contributed by atoms with E-state index < -0.39 is 0 Å². The molecule has 1 N–H and O–H groups in total. The third-order valence-corrected chi connectivity index (χ3v) is 5.42. The van der Waals surface area contributed by atoms with Gasteiger partial charge in [-0.3, -0.25) is 0 Å². The first-order valence-electron chi connectivity index (χ1n) is 8.18. The molecular weight excluding hydrogens is 356 g/mol. The van der Waals surface area contributed by atoms with Crippen molar-refractivity contribution in [2.75, 3.05) is 31.1 Å². The highest BCUT2D eigenvalue weighted by atomic mass is 35.5. The molecule has 5 nitrogen and oxygen atoms in total. The number of carbonyl (C=O) groups excluding carboxylic acids is 1. The van der Waals surface area contributed by atoms with E-state index in [1.165, 1.54) is 11.3 Å². The summed E-state index contributed by atoms with van der Waals surface area (Å²) in [7, 11) is 0. The monoisotopic (exact) mass is 374 g/mol. The van der Waals surface area contributed by atoms with E-state index in [1.54, 1.807) is 0 Å². The number of carbonyl (C=O) groups is 1. The zero-order chi connectivity index (χ0) is 17.6. The van der Waals surface area contributed by atoms with Gasteiger partial charge in [-0.15, -0.1) is 11.3 Å². The third-order valence-electron chi connectivity index (χ3n) is 4.19. The molecule has 1 aliphatic rings. The van der Waals surface area contributed by atoms with Gasteiger partial charge in [0.1, 0.15) is 6.07 Å². The van der Waals surface area contributed by atoms with Gasteiger partial charge in [-0.2, -0.15) is 5.26 Å². The Morgan fingerprint density at radius 3 is 2.80 bits per heavy atom. The van der Waals surface area contributed by atoms with Gasteiger partial charge >= 0.3 is 6.03 Å². The first-order valence-corrected chi connectivity index (χ1v) is 9.38. The second-order valence-corrected chi connectivity index (χ2v) is 7.62. The number of hydrogen-bond acceptors (Lipinski definition) is 4. The highest BCUT2D eigenvalue weighted by Crippen LogP contribution is 2.22. The molecule has 2 amide bonds. The van der Waals surface area contributed by atoms with E-state index in [0.29, 0.717) is 25.2 Å². The molecule has 2 aromatic rings. The van der Waals surface area contributed by atoms with Crippen molar-refractivity contribution in [1.82, 2.24) is 10.2 Å². The summed E-state index contributed by atoms with van der Waals surface area (Å²) in [4.78, 5) is 17.5. The number of benzene rings is 1. The number of rotatable bonds is 3. The highest BCUT2D eigenvalue weighted by molar-refractivity contribution is 7.16. The van der Waals surface area contributed by atoms with Crippen LogP contribution in [0.1, 0.15) is 16.9 Å². The quantitative estimate of drug-likeness (QED) is 0.891. The van der Waals surface area contributed by atoms with Crippen molar-refractivity contribution >= 4 is 34.7 Å². The Bertz CT molecular complexity index is 785. The van der Waals surface area contributed by atoms with Crippen LogP contribution in [0.15, 0.2) is 36.4 Å². The molecule has 1 aliphatic heterocycles.